The maximum atomic E-state index is 12.3. The standard InChI is InChI=1S/C20H18N2O6S/c1-12(19(26)22-15-4-2-3-13(11-15)20(27)28)29-16-7-5-14(6-8-16)21-17(23)9-10-18(24)25/h2-12H,1H3,(H,21,23)(H,22,26)(H,24,25)(H,27,28)/b10-9+. The van der Waals surface area contributed by atoms with Crippen LogP contribution in [0.4, 0.5) is 11.4 Å². The number of nitrogens with one attached hydrogen (secondary N) is 2. The van der Waals surface area contributed by atoms with Crippen molar-refractivity contribution in [2.24, 2.45) is 0 Å². The summed E-state index contributed by atoms with van der Waals surface area (Å²) in [5, 5.41) is 22.3. The van der Waals surface area contributed by atoms with Gasteiger partial charge in [0.2, 0.25) is 11.8 Å². The third-order valence-corrected chi connectivity index (χ3v) is 4.67. The van der Waals surface area contributed by atoms with Crippen LogP contribution in [0.5, 0.6) is 0 Å². The molecule has 0 heterocycles. The number of carbonyl (C=O) groups excluding carboxylic acids is 2. The topological polar surface area (TPSA) is 133 Å². The number of carboxylic acid groups (broad SMARTS) is 2. The number of carboxylic acids is 2. The summed E-state index contributed by atoms with van der Waals surface area (Å²) < 4.78 is 0. The Kier molecular flexibility index (Phi) is 7.55. The van der Waals surface area contributed by atoms with Gasteiger partial charge >= 0.3 is 11.9 Å². The Bertz CT molecular complexity index is 956. The van der Waals surface area contributed by atoms with E-state index in [0.717, 1.165) is 17.0 Å². The van der Waals surface area contributed by atoms with Crippen LogP contribution in [-0.2, 0) is 14.4 Å². The largest absolute Gasteiger partial charge is 0.478 e. The number of rotatable bonds is 8. The lowest BCUT2D eigenvalue weighted by Crippen LogP contribution is -2.22. The molecule has 0 fully saturated rings. The molecule has 0 bridgehead atoms. The highest BCUT2D eigenvalue weighted by Gasteiger charge is 2.15. The molecular formula is C20H18N2O6S. The van der Waals surface area contributed by atoms with Crippen LogP contribution >= 0.6 is 11.8 Å². The molecule has 0 aliphatic rings. The van der Waals surface area contributed by atoms with Gasteiger partial charge in [-0.2, -0.15) is 0 Å². The van der Waals surface area contributed by atoms with Gasteiger partial charge in [-0.25, -0.2) is 9.59 Å². The number of amides is 2. The minimum absolute atomic E-state index is 0.0824. The smallest absolute Gasteiger partial charge is 0.335 e. The lowest BCUT2D eigenvalue weighted by molar-refractivity contribution is -0.131. The van der Waals surface area contributed by atoms with Gasteiger partial charge in [-0.3, -0.25) is 9.59 Å². The Labute approximate surface area is 170 Å². The molecule has 2 amide bonds. The predicted octanol–water partition coefficient (Wildman–Crippen LogP) is 3.08. The van der Waals surface area contributed by atoms with Gasteiger partial charge in [0.1, 0.15) is 0 Å². The second kappa shape index (κ2) is 10.1. The van der Waals surface area contributed by atoms with E-state index >= 15 is 0 Å². The summed E-state index contributed by atoms with van der Waals surface area (Å²) in [6.07, 6.45) is 1.66. The molecule has 2 aromatic carbocycles. The molecular weight excluding hydrogens is 396 g/mol. The van der Waals surface area contributed by atoms with Crippen molar-refractivity contribution in [1.82, 2.24) is 0 Å². The van der Waals surface area contributed by atoms with Crippen LogP contribution < -0.4 is 10.6 Å². The van der Waals surface area contributed by atoms with E-state index in [1.807, 2.05) is 0 Å². The molecule has 1 unspecified atom stereocenters. The molecule has 29 heavy (non-hydrogen) atoms. The summed E-state index contributed by atoms with van der Waals surface area (Å²) in [7, 11) is 0. The SMILES string of the molecule is CC(Sc1ccc(NC(=O)/C=C/C(=O)O)cc1)C(=O)Nc1cccc(C(=O)O)c1. The Morgan fingerprint density at radius 1 is 0.931 bits per heavy atom. The second-order valence-electron chi connectivity index (χ2n) is 5.82. The minimum Gasteiger partial charge on any atom is -0.478 e. The van der Waals surface area contributed by atoms with Gasteiger partial charge < -0.3 is 20.8 Å². The molecule has 0 saturated heterocycles. The van der Waals surface area contributed by atoms with Crippen LogP contribution in [0.15, 0.2) is 65.6 Å². The average molecular weight is 414 g/mol. The van der Waals surface area contributed by atoms with Crippen LogP contribution in [-0.4, -0.2) is 39.2 Å². The van der Waals surface area contributed by atoms with Crippen LogP contribution in [0.25, 0.3) is 0 Å². The molecule has 0 spiro atoms. The van der Waals surface area contributed by atoms with Gasteiger partial charge in [0, 0.05) is 28.4 Å². The fourth-order valence-corrected chi connectivity index (χ4v) is 3.05. The summed E-state index contributed by atoms with van der Waals surface area (Å²) >= 11 is 1.29. The van der Waals surface area contributed by atoms with Crippen molar-refractivity contribution in [2.45, 2.75) is 17.1 Å². The van der Waals surface area contributed by atoms with Crippen molar-refractivity contribution < 1.29 is 29.4 Å². The number of aliphatic carboxylic acids is 1. The lowest BCUT2D eigenvalue weighted by atomic mass is 10.2. The van der Waals surface area contributed by atoms with E-state index in [-0.39, 0.29) is 11.5 Å². The highest BCUT2D eigenvalue weighted by molar-refractivity contribution is 8.00. The first-order valence-electron chi connectivity index (χ1n) is 8.37. The van der Waals surface area contributed by atoms with Crippen molar-refractivity contribution in [1.29, 1.82) is 0 Å². The van der Waals surface area contributed by atoms with Gasteiger partial charge in [-0.05, 0) is 49.4 Å². The third-order valence-electron chi connectivity index (χ3n) is 3.56. The van der Waals surface area contributed by atoms with Gasteiger partial charge in [0.05, 0.1) is 10.8 Å². The van der Waals surface area contributed by atoms with E-state index in [9.17, 15) is 19.2 Å². The van der Waals surface area contributed by atoms with Crippen LogP contribution in [0, 0.1) is 0 Å². The van der Waals surface area contributed by atoms with Gasteiger partial charge in [-0.15, -0.1) is 11.8 Å². The zero-order valence-electron chi connectivity index (χ0n) is 15.3. The maximum Gasteiger partial charge on any atom is 0.335 e. The molecule has 0 radical (unpaired) electrons. The molecule has 4 N–H and O–H groups in total. The normalized spacial score (nSPS) is 11.6. The Morgan fingerprint density at radius 2 is 1.62 bits per heavy atom. The molecule has 0 saturated carbocycles. The molecule has 8 nitrogen and oxygen atoms in total. The third kappa shape index (κ3) is 7.15. The van der Waals surface area contributed by atoms with Crippen LogP contribution in [0.2, 0.25) is 0 Å². The first kappa shape index (κ1) is 21.7. The van der Waals surface area contributed by atoms with Crippen molar-refractivity contribution in [3.8, 4) is 0 Å². The predicted molar refractivity (Wildman–Crippen MR) is 109 cm³/mol. The van der Waals surface area contributed by atoms with E-state index < -0.39 is 23.1 Å². The first-order valence-corrected chi connectivity index (χ1v) is 9.25. The molecule has 150 valence electrons. The van der Waals surface area contributed by atoms with Crippen LogP contribution in [0.3, 0.4) is 0 Å². The summed E-state index contributed by atoms with van der Waals surface area (Å²) in [5.74, 6) is -3.14. The van der Waals surface area contributed by atoms with Crippen LogP contribution in [0.1, 0.15) is 17.3 Å². The Hall–Kier alpha value is -3.59. The van der Waals surface area contributed by atoms with E-state index in [1.54, 1.807) is 43.3 Å². The van der Waals surface area contributed by atoms with E-state index in [2.05, 4.69) is 10.6 Å². The maximum absolute atomic E-state index is 12.3. The van der Waals surface area contributed by atoms with Crippen molar-refractivity contribution >= 4 is 46.9 Å². The van der Waals surface area contributed by atoms with Crippen molar-refractivity contribution in [3.63, 3.8) is 0 Å². The number of benzene rings is 2. The Morgan fingerprint density at radius 3 is 2.24 bits per heavy atom. The summed E-state index contributed by atoms with van der Waals surface area (Å²) in [4.78, 5) is 46.1. The average Bonchev–Trinajstić information content (AvgIpc) is 2.68. The zero-order chi connectivity index (χ0) is 21.4. The molecule has 2 aromatic rings. The van der Waals surface area contributed by atoms with Gasteiger partial charge in [0.25, 0.3) is 0 Å². The van der Waals surface area contributed by atoms with E-state index in [1.165, 1.54) is 23.9 Å². The summed E-state index contributed by atoms with van der Waals surface area (Å²) in [6, 6.07) is 12.7. The minimum atomic E-state index is -1.21. The molecule has 1 atom stereocenters. The first-order chi connectivity index (χ1) is 13.7. The quantitative estimate of drug-likeness (QED) is 0.385. The highest BCUT2D eigenvalue weighted by atomic mass is 32.2. The lowest BCUT2D eigenvalue weighted by Gasteiger charge is -2.13. The summed E-state index contributed by atoms with van der Waals surface area (Å²) in [6.45, 7) is 1.72. The van der Waals surface area contributed by atoms with E-state index in [0.29, 0.717) is 11.4 Å². The second-order valence-corrected chi connectivity index (χ2v) is 7.23. The molecule has 2 rings (SSSR count). The molecule has 0 aliphatic carbocycles. The molecule has 0 aromatic heterocycles. The number of aromatic carboxylic acids is 1. The van der Waals surface area contributed by atoms with Gasteiger partial charge in [-0.1, -0.05) is 6.07 Å². The number of thioether (sulfide) groups is 1. The van der Waals surface area contributed by atoms with Gasteiger partial charge in [0.15, 0.2) is 0 Å². The fraction of sp³-hybridized carbons (Fsp3) is 0.100. The Balaban J connectivity index is 1.93. The number of carbonyl (C=O) groups is 4. The zero-order valence-corrected chi connectivity index (χ0v) is 16.1. The monoisotopic (exact) mass is 414 g/mol. The highest BCUT2D eigenvalue weighted by Crippen LogP contribution is 2.25. The fourth-order valence-electron chi connectivity index (χ4n) is 2.18. The van der Waals surface area contributed by atoms with Crippen molar-refractivity contribution in [3.05, 3.63) is 66.2 Å². The summed E-state index contributed by atoms with van der Waals surface area (Å²) in [5.41, 5.74) is 0.964. The van der Waals surface area contributed by atoms with E-state index in [4.69, 9.17) is 10.2 Å². The molecule has 0 aliphatic heterocycles. The van der Waals surface area contributed by atoms with Crippen molar-refractivity contribution in [2.75, 3.05) is 10.6 Å². The molecule has 9 heteroatoms. The number of hydrogen-bond acceptors (Lipinski definition) is 5. The number of anilines is 2. The number of hydrogen-bond donors (Lipinski definition) is 4.